The molecule has 1 atom stereocenters. The van der Waals surface area contributed by atoms with Gasteiger partial charge in [0.1, 0.15) is 5.15 Å². The minimum atomic E-state index is -0.360. The summed E-state index contributed by atoms with van der Waals surface area (Å²) >= 11 is 6.15. The predicted octanol–water partition coefficient (Wildman–Crippen LogP) is -1.16. The normalized spacial score (nSPS) is 14.7. The number of halogens is 3. The van der Waals surface area contributed by atoms with E-state index in [0.717, 1.165) is 31.2 Å². The molecule has 0 saturated heterocycles. The molecule has 1 unspecified atom stereocenters. The molecule has 0 radical (unpaired) electrons. The van der Waals surface area contributed by atoms with Crippen LogP contribution in [0.1, 0.15) is 30.1 Å². The average molecular weight is 531 g/mol. The number of aromatic nitrogens is 1. The Balaban J connectivity index is 0.00000150. The molecular weight excluding hydrogens is 507 g/mol. The van der Waals surface area contributed by atoms with Crippen molar-refractivity contribution >= 4 is 30.1 Å². The van der Waals surface area contributed by atoms with Crippen molar-refractivity contribution in [3.8, 4) is 0 Å². The first-order valence-electron chi connectivity index (χ1n) is 9.57. The van der Waals surface area contributed by atoms with Crippen LogP contribution in [-0.2, 0) is 25.9 Å². The van der Waals surface area contributed by atoms with Gasteiger partial charge in [0.25, 0.3) is 0 Å². The third-order valence-electron chi connectivity index (χ3n) is 5.11. The van der Waals surface area contributed by atoms with Gasteiger partial charge in [0, 0.05) is 12.6 Å². The zero-order valence-corrected chi connectivity index (χ0v) is 22.9. The summed E-state index contributed by atoms with van der Waals surface area (Å²) in [4.78, 5) is 4.62. The van der Waals surface area contributed by atoms with Crippen LogP contribution >= 0.6 is 19.5 Å². The molecule has 0 bridgehead atoms. The van der Waals surface area contributed by atoms with Crippen LogP contribution in [-0.4, -0.2) is 17.7 Å². The maximum absolute atomic E-state index is 6.15. The van der Waals surface area contributed by atoms with Crippen molar-refractivity contribution in [1.82, 2.24) is 10.3 Å². The molecule has 3 aromatic rings. The van der Waals surface area contributed by atoms with Gasteiger partial charge in [-0.2, -0.15) is 0 Å². The Bertz CT molecular complexity index is 845. The monoisotopic (exact) mass is 528 g/mol. The van der Waals surface area contributed by atoms with E-state index in [2.05, 4.69) is 77.0 Å². The van der Waals surface area contributed by atoms with Crippen molar-refractivity contribution < 1.29 is 44.3 Å². The first-order valence-corrected chi connectivity index (χ1v) is 11.5. The second-order valence-corrected chi connectivity index (χ2v) is 9.62. The van der Waals surface area contributed by atoms with E-state index in [1.165, 1.54) is 22.6 Å². The summed E-state index contributed by atoms with van der Waals surface area (Å²) in [6.07, 6.45) is 4.57. The van der Waals surface area contributed by atoms with Gasteiger partial charge in [-0.15, -0.1) is 0 Å². The SMILES string of the molecule is Clc1ccc2c(n1)C(NCCP(c1ccccc1)c1ccccc1)CCC2.[Cl-].[Cl-].[Zn+2]. The molecule has 4 rings (SSSR count). The van der Waals surface area contributed by atoms with Gasteiger partial charge in [0.2, 0.25) is 0 Å². The van der Waals surface area contributed by atoms with Crippen molar-refractivity contribution in [2.75, 3.05) is 12.7 Å². The zero-order valence-electron chi connectivity index (χ0n) is 16.8. The number of fused-ring (bicyclic) bond motifs is 1. The number of benzene rings is 2. The summed E-state index contributed by atoms with van der Waals surface area (Å²) in [5.74, 6) is 0. The van der Waals surface area contributed by atoms with E-state index >= 15 is 0 Å². The summed E-state index contributed by atoms with van der Waals surface area (Å²) in [6, 6.07) is 26.2. The Hall–Kier alpha value is -0.527. The largest absolute Gasteiger partial charge is 2.00 e. The van der Waals surface area contributed by atoms with Gasteiger partial charge in [-0.1, -0.05) is 78.3 Å². The van der Waals surface area contributed by atoms with Crippen LogP contribution in [0.3, 0.4) is 0 Å². The molecule has 154 valence electrons. The zero-order chi connectivity index (χ0) is 18.5. The number of nitrogens with one attached hydrogen (secondary N) is 1. The molecule has 1 N–H and O–H groups in total. The molecule has 1 heterocycles. The second-order valence-electron chi connectivity index (χ2n) is 6.90. The summed E-state index contributed by atoms with van der Waals surface area (Å²) in [7, 11) is -0.360. The van der Waals surface area contributed by atoms with Crippen LogP contribution in [0.5, 0.6) is 0 Å². The van der Waals surface area contributed by atoms with Crippen molar-refractivity contribution in [3.05, 3.63) is 89.2 Å². The fraction of sp³-hybridized carbons (Fsp3) is 0.261. The number of rotatable bonds is 6. The number of hydrogen-bond acceptors (Lipinski definition) is 2. The van der Waals surface area contributed by atoms with Crippen molar-refractivity contribution in [2.45, 2.75) is 25.3 Å². The van der Waals surface area contributed by atoms with Gasteiger partial charge in [-0.3, -0.25) is 0 Å². The van der Waals surface area contributed by atoms with E-state index in [1.54, 1.807) is 0 Å². The van der Waals surface area contributed by atoms with E-state index in [1.807, 2.05) is 6.07 Å². The smallest absolute Gasteiger partial charge is 1.00 e. The standard InChI is InChI=1S/C23H24ClN2P.2ClH.Zn/c24-22-15-14-18-8-7-13-21(23(18)26-22)25-16-17-27(19-9-3-1-4-10-19)20-11-5-2-6-12-20;;;/h1-6,9-12,14-15,21,25H,7-8,13,16-17H2;2*1H;/q;;;+2/p-2. The van der Waals surface area contributed by atoms with E-state index < -0.39 is 0 Å². The molecule has 1 aliphatic carbocycles. The number of aryl methyl sites for hydroxylation is 1. The van der Waals surface area contributed by atoms with Crippen LogP contribution in [0.2, 0.25) is 5.15 Å². The fourth-order valence-electron chi connectivity index (χ4n) is 3.80. The topological polar surface area (TPSA) is 24.9 Å². The van der Waals surface area contributed by atoms with Crippen LogP contribution in [0, 0.1) is 0 Å². The summed E-state index contributed by atoms with van der Waals surface area (Å²) in [6.45, 7) is 0.980. The summed E-state index contributed by atoms with van der Waals surface area (Å²) < 4.78 is 0. The molecule has 2 nitrogen and oxygen atoms in total. The predicted molar refractivity (Wildman–Crippen MR) is 117 cm³/mol. The Morgan fingerprint density at radius 1 is 0.900 bits per heavy atom. The van der Waals surface area contributed by atoms with Crippen LogP contribution < -0.4 is 40.7 Å². The van der Waals surface area contributed by atoms with Crippen molar-refractivity contribution in [2.24, 2.45) is 0 Å². The van der Waals surface area contributed by atoms with E-state index in [0.29, 0.717) is 11.2 Å². The van der Waals surface area contributed by atoms with Gasteiger partial charge in [0.05, 0.1) is 5.69 Å². The quantitative estimate of drug-likeness (QED) is 0.247. The molecular formula is C23H24Cl3N2PZn. The van der Waals surface area contributed by atoms with E-state index in [-0.39, 0.29) is 52.2 Å². The van der Waals surface area contributed by atoms with Gasteiger partial charge in [-0.05, 0) is 55.6 Å². The van der Waals surface area contributed by atoms with Crippen LogP contribution in [0.25, 0.3) is 0 Å². The molecule has 0 aliphatic heterocycles. The molecule has 0 fully saturated rings. The Kier molecular flexibility index (Phi) is 12.6. The third-order valence-corrected chi connectivity index (χ3v) is 7.83. The molecule has 0 amide bonds. The van der Waals surface area contributed by atoms with Crippen LogP contribution in [0.4, 0.5) is 0 Å². The summed E-state index contributed by atoms with van der Waals surface area (Å²) in [5.41, 5.74) is 2.49. The molecule has 2 aromatic carbocycles. The Labute approximate surface area is 210 Å². The molecule has 1 aliphatic rings. The van der Waals surface area contributed by atoms with E-state index in [9.17, 15) is 0 Å². The number of nitrogens with zero attached hydrogens (tertiary/aromatic N) is 1. The fourth-order valence-corrected chi connectivity index (χ4v) is 6.18. The molecule has 30 heavy (non-hydrogen) atoms. The minimum absolute atomic E-state index is 0. The Morgan fingerprint density at radius 3 is 2.10 bits per heavy atom. The van der Waals surface area contributed by atoms with Crippen molar-refractivity contribution in [3.63, 3.8) is 0 Å². The summed E-state index contributed by atoms with van der Waals surface area (Å²) in [5, 5.41) is 7.24. The van der Waals surface area contributed by atoms with Crippen molar-refractivity contribution in [1.29, 1.82) is 0 Å². The minimum Gasteiger partial charge on any atom is -1.00 e. The first-order chi connectivity index (χ1) is 13.3. The molecule has 7 heteroatoms. The third kappa shape index (κ3) is 6.99. The molecule has 0 spiro atoms. The maximum Gasteiger partial charge on any atom is 2.00 e. The number of pyridine rings is 1. The second kappa shape index (κ2) is 13.8. The maximum atomic E-state index is 6.15. The Morgan fingerprint density at radius 2 is 1.50 bits per heavy atom. The number of hydrogen-bond donors (Lipinski definition) is 1. The van der Waals surface area contributed by atoms with Crippen LogP contribution in [0.15, 0.2) is 72.8 Å². The molecule has 0 saturated carbocycles. The van der Waals surface area contributed by atoms with Gasteiger partial charge >= 0.3 is 19.5 Å². The molecule has 1 aromatic heterocycles. The first kappa shape index (κ1) is 27.5. The van der Waals surface area contributed by atoms with E-state index in [4.69, 9.17) is 11.6 Å². The average Bonchev–Trinajstić information content (AvgIpc) is 2.73. The van der Waals surface area contributed by atoms with Gasteiger partial charge in [0.15, 0.2) is 0 Å². The van der Waals surface area contributed by atoms with Gasteiger partial charge in [-0.25, -0.2) is 4.98 Å². The van der Waals surface area contributed by atoms with Gasteiger partial charge < -0.3 is 30.1 Å².